The highest BCUT2D eigenvalue weighted by Crippen LogP contribution is 2.81. The Labute approximate surface area is 445 Å². The number of hydrogen-bond acceptors (Lipinski definition) is 9. The van der Waals surface area contributed by atoms with Crippen molar-refractivity contribution in [3.8, 4) is 23.7 Å². The number of aliphatic hydroxyl groups is 4. The third-order valence-electron chi connectivity index (χ3n) is 25.1. The van der Waals surface area contributed by atoms with Gasteiger partial charge in [-0.1, -0.05) is 92.8 Å². The van der Waals surface area contributed by atoms with E-state index in [4.69, 9.17) is 9.47 Å². The normalized spacial score (nSPS) is 48.2. The van der Waals surface area contributed by atoms with Gasteiger partial charge in [0, 0.05) is 71.6 Å². The number of aldehydes is 1. The van der Waals surface area contributed by atoms with Crippen LogP contribution in [0.4, 0.5) is 0 Å². The monoisotopic (exact) mass is 1020 g/mol. The smallest absolute Gasteiger partial charge is 0.331 e. The predicted octanol–water partition coefficient (Wildman–Crippen LogP) is 8.70. The number of likely N-dealkylation sites (N-methyl/N-ethyl adjacent to an activating group) is 1. The fourth-order valence-corrected chi connectivity index (χ4v) is 22.4. The lowest BCUT2D eigenvalue weighted by molar-refractivity contribution is -0.369. The van der Waals surface area contributed by atoms with Gasteiger partial charge in [-0.25, -0.2) is 4.79 Å². The first-order chi connectivity index (χ1) is 36.3. The van der Waals surface area contributed by atoms with Gasteiger partial charge in [-0.2, -0.15) is 0 Å². The summed E-state index contributed by atoms with van der Waals surface area (Å²) in [6.45, 7) is 3.01. The molecule has 2 aromatic carbocycles. The van der Waals surface area contributed by atoms with Gasteiger partial charge in [-0.3, -0.25) is 0 Å². The van der Waals surface area contributed by atoms with E-state index in [1.54, 1.807) is 6.08 Å². The van der Waals surface area contributed by atoms with E-state index in [9.17, 15) is 15.0 Å². The minimum absolute atomic E-state index is 0.110. The highest BCUT2D eigenvalue weighted by atomic mass is 16.5. The summed E-state index contributed by atoms with van der Waals surface area (Å²) >= 11 is 0. The number of esters is 1. The number of fused-ring (bicyclic) bond motifs is 6. The zero-order chi connectivity index (χ0) is 51.3. The van der Waals surface area contributed by atoms with Crippen LogP contribution in [0.3, 0.4) is 0 Å². The van der Waals surface area contributed by atoms with E-state index in [0.717, 1.165) is 60.8 Å². The topological polar surface area (TPSA) is 146 Å². The maximum atomic E-state index is 15.6. The molecule has 21 atom stereocenters. The van der Waals surface area contributed by atoms with Crippen LogP contribution in [0.25, 0.3) is 0 Å². The molecule has 0 amide bonds. The molecule has 0 radical (unpaired) electrons. The number of carbonyl (C=O) groups excluding carboxylic acids is 2. The minimum Gasteiger partial charge on any atom is -0.454 e. The van der Waals surface area contributed by atoms with Gasteiger partial charge < -0.3 is 40.0 Å². The van der Waals surface area contributed by atoms with Crippen LogP contribution in [0.2, 0.25) is 0 Å². The molecule has 398 valence electrons. The van der Waals surface area contributed by atoms with E-state index in [1.165, 1.54) is 37.5 Å². The second-order valence-corrected chi connectivity index (χ2v) is 27.4. The van der Waals surface area contributed by atoms with E-state index >= 15 is 15.0 Å². The average Bonchev–Trinajstić information content (AvgIpc) is 4.42. The molecule has 1 saturated heterocycles. The molecule has 8 saturated carbocycles. The van der Waals surface area contributed by atoms with Crippen molar-refractivity contribution in [2.75, 3.05) is 13.7 Å². The van der Waals surface area contributed by atoms with Crippen molar-refractivity contribution in [3.05, 3.63) is 82.4 Å². The van der Waals surface area contributed by atoms with Crippen molar-refractivity contribution in [3.63, 3.8) is 0 Å². The Hall–Kier alpha value is -3.80. The third kappa shape index (κ3) is 6.73. The SMILES string of the molecule is CNC1Cc2c(cccc2CO)C#CCCC23CC4C#CCC(Cc5ccccc5)C5CC6CCOC7C8CCC(C(C)C9CCCC9)CC9CC(O)(C4C(C=O)(CC67C5)C98O)C2(O)CC2CC1C1OC(=O)C=C1C23. The van der Waals surface area contributed by atoms with Crippen LogP contribution in [0, 0.1) is 117 Å². The lowest BCUT2D eigenvalue weighted by atomic mass is 9.31. The van der Waals surface area contributed by atoms with Crippen LogP contribution in [-0.4, -0.2) is 81.4 Å². The predicted molar refractivity (Wildman–Crippen MR) is 284 cm³/mol. The molecule has 75 heavy (non-hydrogen) atoms. The fourth-order valence-electron chi connectivity index (χ4n) is 22.4. The summed E-state index contributed by atoms with van der Waals surface area (Å²) in [6.07, 6.45) is 17.6. The summed E-state index contributed by atoms with van der Waals surface area (Å²) in [5, 5.41) is 59.4. The Balaban J connectivity index is 0.995. The molecule has 21 unspecified atom stereocenters. The summed E-state index contributed by atoms with van der Waals surface area (Å²) in [5.74, 6) is 14.2. The summed E-state index contributed by atoms with van der Waals surface area (Å²) in [5.41, 5.74) is -2.84. The first kappa shape index (κ1) is 49.5. The van der Waals surface area contributed by atoms with Crippen molar-refractivity contribution in [2.45, 2.75) is 177 Å². The molecule has 9 fully saturated rings. The average molecular weight is 1020 g/mol. The zero-order valence-corrected chi connectivity index (χ0v) is 44.5. The molecule has 11 aliphatic carbocycles. The molecule has 2 heterocycles. The number of nitrogens with one attached hydrogen (secondary N) is 1. The summed E-state index contributed by atoms with van der Waals surface area (Å²) < 4.78 is 13.7. The van der Waals surface area contributed by atoms with Crippen molar-refractivity contribution < 1.29 is 39.5 Å². The molecule has 2 spiro atoms. The first-order valence-electron chi connectivity index (χ1n) is 29.9. The van der Waals surface area contributed by atoms with Crippen LogP contribution >= 0.6 is 0 Å². The third-order valence-corrected chi connectivity index (χ3v) is 25.1. The number of ether oxygens (including phenoxy) is 2. The van der Waals surface area contributed by atoms with Gasteiger partial charge in [0.05, 0.1) is 29.3 Å². The molecule has 5 N–H and O–H groups in total. The molecule has 0 aromatic heterocycles. The van der Waals surface area contributed by atoms with Crippen LogP contribution in [0.1, 0.15) is 145 Å². The molecular weight excluding hydrogens is 935 g/mol. The van der Waals surface area contributed by atoms with Crippen molar-refractivity contribution in [2.24, 2.45) is 93.2 Å². The zero-order valence-electron chi connectivity index (χ0n) is 44.5. The van der Waals surface area contributed by atoms with Gasteiger partial charge in [-0.05, 0) is 179 Å². The van der Waals surface area contributed by atoms with Crippen LogP contribution in [0.15, 0.2) is 60.2 Å². The molecular formula is C66H81NO8. The standard InChI is InChI=1S/C66H81NO8/c1-39(41-14-6-7-15-41)43-21-22-54-60-61-32-47(28-49(61)23-25-74-60)44(26-40-12-4-3-5-13-40)18-11-19-45-33-62-24-9-8-16-42-17-10-20-46(36-68)51(42)30-55(67-2)52-29-48(57(62)53-31-56(70)75-58(52)53)34-65(62,72)64(71)35-50(27-43)66(54,73)63(37-61,38-69)59(45)64/h3-5,10,12-13,17,20,31,38-39,41,43-45,47-50,52,54-55,57-60,67-68,71-73H,6-7,9,14-15,18,21-30,32-37H2,1-2H3. The minimum atomic E-state index is -1.82. The highest BCUT2D eigenvalue weighted by Gasteiger charge is 2.86. The number of benzene rings is 2. The highest BCUT2D eigenvalue weighted by molar-refractivity contribution is 5.86. The van der Waals surface area contributed by atoms with Crippen molar-refractivity contribution in [1.82, 2.24) is 5.32 Å². The summed E-state index contributed by atoms with van der Waals surface area (Å²) in [7, 11) is 1.97. The summed E-state index contributed by atoms with van der Waals surface area (Å²) in [4.78, 5) is 29.6. The number of rotatable bonds is 7. The van der Waals surface area contributed by atoms with Crippen LogP contribution < -0.4 is 5.32 Å². The second kappa shape index (κ2) is 17.9. The molecule has 9 nitrogen and oxygen atoms in total. The fraction of sp³-hybridized carbons (Fsp3) is 0.697. The van der Waals surface area contributed by atoms with Gasteiger partial charge in [0.2, 0.25) is 0 Å². The Morgan fingerprint density at radius 2 is 1.73 bits per heavy atom. The van der Waals surface area contributed by atoms with Crippen LogP contribution in [-0.2, 0) is 38.5 Å². The number of carbonyl (C=O) groups is 2. The number of aliphatic hydroxyl groups excluding tert-OH is 1. The van der Waals surface area contributed by atoms with Gasteiger partial charge in [-0.15, -0.1) is 5.92 Å². The molecule has 13 aliphatic rings. The number of hydrogen-bond donors (Lipinski definition) is 5. The van der Waals surface area contributed by atoms with E-state index < -0.39 is 51.5 Å². The molecule has 2 aromatic rings. The van der Waals surface area contributed by atoms with Gasteiger partial charge in [0.15, 0.2) is 0 Å². The molecule has 9 heteroatoms. The molecule has 15 rings (SSSR count). The lowest BCUT2D eigenvalue weighted by Crippen LogP contribution is -2.84. The maximum absolute atomic E-state index is 15.6. The van der Waals surface area contributed by atoms with Gasteiger partial charge in [0.25, 0.3) is 0 Å². The Bertz CT molecular complexity index is 2780. The first-order valence-corrected chi connectivity index (χ1v) is 29.9. The van der Waals surface area contributed by atoms with Gasteiger partial charge in [0.1, 0.15) is 18.0 Å². The van der Waals surface area contributed by atoms with E-state index in [2.05, 4.69) is 66.3 Å². The van der Waals surface area contributed by atoms with E-state index in [0.29, 0.717) is 94.0 Å². The van der Waals surface area contributed by atoms with E-state index in [-0.39, 0.29) is 66.1 Å². The molecule has 7 bridgehead atoms. The lowest BCUT2D eigenvalue weighted by Gasteiger charge is -2.75. The quantitative estimate of drug-likeness (QED) is 0.105. The Morgan fingerprint density at radius 3 is 2.53 bits per heavy atom. The molecule has 2 aliphatic heterocycles. The van der Waals surface area contributed by atoms with Crippen molar-refractivity contribution in [1.29, 1.82) is 0 Å². The Kier molecular flexibility index (Phi) is 11.8. The van der Waals surface area contributed by atoms with E-state index in [1.807, 2.05) is 25.2 Å². The van der Waals surface area contributed by atoms with Gasteiger partial charge >= 0.3 is 5.97 Å². The maximum Gasteiger partial charge on any atom is 0.331 e. The van der Waals surface area contributed by atoms with Crippen LogP contribution in [0.5, 0.6) is 0 Å². The second-order valence-electron chi connectivity index (χ2n) is 27.4. The largest absolute Gasteiger partial charge is 0.454 e. The van der Waals surface area contributed by atoms with Crippen molar-refractivity contribution >= 4 is 12.3 Å². The Morgan fingerprint density at radius 1 is 0.893 bits per heavy atom. The summed E-state index contributed by atoms with van der Waals surface area (Å²) in [6, 6.07) is 16.7.